The van der Waals surface area contributed by atoms with E-state index in [0.29, 0.717) is 5.75 Å². The van der Waals surface area contributed by atoms with Gasteiger partial charge in [-0.05, 0) is 41.1 Å². The van der Waals surface area contributed by atoms with Crippen molar-refractivity contribution in [2.75, 3.05) is 0 Å². The Morgan fingerprint density at radius 1 is 0.960 bits per heavy atom. The Kier molecular flexibility index (Phi) is 4.26. The van der Waals surface area contributed by atoms with Gasteiger partial charge in [0.1, 0.15) is 6.33 Å². The second-order valence-corrected chi connectivity index (χ2v) is 6.34. The standard InChI is InChI=1S/C17H15N7S/c1-13-7-5-6-10-15(13)23-12-18-20-17(23)25-11-16-19-21-22-24(16)14-8-3-2-4-9-14/h2-10,12H,11H2,1H3. The minimum Gasteiger partial charge on any atom is -0.276 e. The van der Waals surface area contributed by atoms with Crippen LogP contribution in [0.15, 0.2) is 66.1 Å². The lowest BCUT2D eigenvalue weighted by molar-refractivity contribution is 0.777. The second kappa shape index (κ2) is 6.86. The molecule has 0 unspecified atom stereocenters. The molecule has 0 aliphatic heterocycles. The Morgan fingerprint density at radius 2 is 1.76 bits per heavy atom. The van der Waals surface area contributed by atoms with Crippen LogP contribution in [0, 0.1) is 6.92 Å². The number of rotatable bonds is 5. The van der Waals surface area contributed by atoms with E-state index in [1.807, 2.05) is 47.0 Å². The number of hydrogen-bond acceptors (Lipinski definition) is 6. The van der Waals surface area contributed by atoms with E-state index >= 15 is 0 Å². The molecule has 0 atom stereocenters. The normalized spacial score (nSPS) is 10.9. The lowest BCUT2D eigenvalue weighted by atomic mass is 10.2. The zero-order chi connectivity index (χ0) is 17.1. The van der Waals surface area contributed by atoms with Gasteiger partial charge in [0.15, 0.2) is 11.0 Å². The van der Waals surface area contributed by atoms with Crippen LogP contribution in [-0.2, 0) is 5.75 Å². The maximum atomic E-state index is 4.23. The van der Waals surface area contributed by atoms with Crippen LogP contribution < -0.4 is 0 Å². The van der Waals surface area contributed by atoms with Gasteiger partial charge < -0.3 is 0 Å². The average Bonchev–Trinajstić information content (AvgIpc) is 3.30. The first kappa shape index (κ1) is 15.5. The molecule has 0 amide bonds. The first-order valence-electron chi connectivity index (χ1n) is 7.74. The molecule has 0 aliphatic carbocycles. The van der Waals surface area contributed by atoms with Gasteiger partial charge >= 0.3 is 0 Å². The zero-order valence-corrected chi connectivity index (χ0v) is 14.3. The van der Waals surface area contributed by atoms with Gasteiger partial charge in [0, 0.05) is 0 Å². The van der Waals surface area contributed by atoms with Gasteiger partial charge in [-0.15, -0.1) is 15.3 Å². The largest absolute Gasteiger partial charge is 0.276 e. The van der Waals surface area contributed by atoms with E-state index in [0.717, 1.165) is 22.4 Å². The topological polar surface area (TPSA) is 74.3 Å². The van der Waals surface area contributed by atoms with E-state index in [-0.39, 0.29) is 0 Å². The summed E-state index contributed by atoms with van der Waals surface area (Å²) >= 11 is 1.55. The molecule has 0 spiro atoms. The Labute approximate surface area is 148 Å². The molecule has 4 rings (SSSR count). The third kappa shape index (κ3) is 3.16. The first-order valence-corrected chi connectivity index (χ1v) is 8.73. The van der Waals surface area contributed by atoms with Crippen molar-refractivity contribution < 1.29 is 0 Å². The predicted molar refractivity (Wildman–Crippen MR) is 94.8 cm³/mol. The maximum absolute atomic E-state index is 4.23. The molecular weight excluding hydrogens is 334 g/mol. The first-order chi connectivity index (χ1) is 12.3. The van der Waals surface area contributed by atoms with Gasteiger partial charge in [0.05, 0.1) is 17.1 Å². The van der Waals surface area contributed by atoms with E-state index in [1.165, 1.54) is 5.56 Å². The highest BCUT2D eigenvalue weighted by atomic mass is 32.2. The Balaban J connectivity index is 1.58. The number of aromatic nitrogens is 7. The van der Waals surface area contributed by atoms with Crippen molar-refractivity contribution >= 4 is 11.8 Å². The minimum atomic E-state index is 0.590. The molecule has 2 aromatic heterocycles. The van der Waals surface area contributed by atoms with Crippen LogP contribution in [0.3, 0.4) is 0 Å². The maximum Gasteiger partial charge on any atom is 0.196 e. The Morgan fingerprint density at radius 3 is 2.60 bits per heavy atom. The van der Waals surface area contributed by atoms with Gasteiger partial charge in [-0.1, -0.05) is 48.2 Å². The van der Waals surface area contributed by atoms with E-state index < -0.39 is 0 Å². The highest BCUT2D eigenvalue weighted by Gasteiger charge is 2.13. The summed E-state index contributed by atoms with van der Waals surface area (Å²) in [6, 6.07) is 18.0. The van der Waals surface area contributed by atoms with Crippen LogP contribution in [0.5, 0.6) is 0 Å². The van der Waals surface area contributed by atoms with Crippen LogP contribution in [-0.4, -0.2) is 35.0 Å². The van der Waals surface area contributed by atoms with E-state index in [1.54, 1.807) is 22.8 Å². The van der Waals surface area contributed by atoms with E-state index in [4.69, 9.17) is 0 Å². The van der Waals surface area contributed by atoms with Crippen molar-refractivity contribution in [2.45, 2.75) is 17.8 Å². The molecule has 0 aliphatic rings. The van der Waals surface area contributed by atoms with Crippen LogP contribution in [0.2, 0.25) is 0 Å². The summed E-state index contributed by atoms with van der Waals surface area (Å²) in [6.45, 7) is 2.07. The van der Waals surface area contributed by atoms with Crippen LogP contribution in [0.25, 0.3) is 11.4 Å². The predicted octanol–water partition coefficient (Wildman–Crippen LogP) is 2.84. The Hall–Kier alpha value is -3.00. The summed E-state index contributed by atoms with van der Waals surface area (Å²) in [5, 5.41) is 21.1. The van der Waals surface area contributed by atoms with Crippen LogP contribution in [0.1, 0.15) is 11.4 Å². The fourth-order valence-corrected chi connectivity index (χ4v) is 3.34. The molecule has 25 heavy (non-hydrogen) atoms. The number of aryl methyl sites for hydroxylation is 1. The molecule has 124 valence electrons. The van der Waals surface area contributed by atoms with Crippen molar-refractivity contribution in [1.29, 1.82) is 0 Å². The molecule has 0 bridgehead atoms. The molecule has 0 saturated carbocycles. The van der Waals surface area contributed by atoms with E-state index in [9.17, 15) is 0 Å². The molecule has 4 aromatic rings. The number of hydrogen-bond donors (Lipinski definition) is 0. The quantitative estimate of drug-likeness (QED) is 0.516. The lowest BCUT2D eigenvalue weighted by Gasteiger charge is -2.09. The highest BCUT2D eigenvalue weighted by molar-refractivity contribution is 7.98. The molecule has 2 heterocycles. The number of tetrazole rings is 1. The number of thioether (sulfide) groups is 1. The van der Waals surface area contributed by atoms with Crippen molar-refractivity contribution in [3.63, 3.8) is 0 Å². The molecule has 8 heteroatoms. The fraction of sp³-hybridized carbons (Fsp3) is 0.118. The van der Waals surface area contributed by atoms with Gasteiger partial charge in [-0.25, -0.2) is 0 Å². The third-order valence-electron chi connectivity index (χ3n) is 3.76. The second-order valence-electron chi connectivity index (χ2n) is 5.40. The lowest BCUT2D eigenvalue weighted by Crippen LogP contribution is -2.03. The molecule has 0 saturated heterocycles. The zero-order valence-electron chi connectivity index (χ0n) is 13.5. The SMILES string of the molecule is Cc1ccccc1-n1cnnc1SCc1nnnn1-c1ccccc1. The van der Waals surface area contributed by atoms with E-state index in [2.05, 4.69) is 44.8 Å². The van der Waals surface area contributed by atoms with Crippen molar-refractivity contribution in [1.82, 2.24) is 35.0 Å². The van der Waals surface area contributed by atoms with Gasteiger partial charge in [-0.3, -0.25) is 4.57 Å². The molecule has 0 N–H and O–H groups in total. The molecule has 2 aromatic carbocycles. The number of nitrogens with zero attached hydrogens (tertiary/aromatic N) is 7. The Bertz CT molecular complexity index is 977. The monoisotopic (exact) mass is 349 g/mol. The fourth-order valence-electron chi connectivity index (χ4n) is 2.52. The molecule has 0 radical (unpaired) electrons. The summed E-state index contributed by atoms with van der Waals surface area (Å²) in [5.41, 5.74) is 3.17. The summed E-state index contributed by atoms with van der Waals surface area (Å²) in [5.74, 6) is 1.35. The molecule has 7 nitrogen and oxygen atoms in total. The van der Waals surface area contributed by atoms with Crippen LogP contribution in [0.4, 0.5) is 0 Å². The van der Waals surface area contributed by atoms with Crippen molar-refractivity contribution in [3.05, 3.63) is 72.3 Å². The molecular formula is C17H15N7S. The summed E-state index contributed by atoms with van der Waals surface area (Å²) in [6.07, 6.45) is 1.73. The van der Waals surface area contributed by atoms with Crippen molar-refractivity contribution in [2.24, 2.45) is 0 Å². The summed E-state index contributed by atoms with van der Waals surface area (Å²) < 4.78 is 3.72. The van der Waals surface area contributed by atoms with Gasteiger partial charge in [0.2, 0.25) is 0 Å². The van der Waals surface area contributed by atoms with Gasteiger partial charge in [0.25, 0.3) is 0 Å². The number of para-hydroxylation sites is 2. The van der Waals surface area contributed by atoms with Gasteiger partial charge in [-0.2, -0.15) is 4.68 Å². The molecule has 0 fully saturated rings. The number of benzene rings is 2. The third-order valence-corrected chi connectivity index (χ3v) is 4.70. The highest BCUT2D eigenvalue weighted by Crippen LogP contribution is 2.24. The smallest absolute Gasteiger partial charge is 0.196 e. The van der Waals surface area contributed by atoms with Crippen LogP contribution >= 0.6 is 11.8 Å². The average molecular weight is 349 g/mol. The minimum absolute atomic E-state index is 0.590. The van der Waals surface area contributed by atoms with Crippen molar-refractivity contribution in [3.8, 4) is 11.4 Å². The summed E-state index contributed by atoms with van der Waals surface area (Å²) in [7, 11) is 0. The summed E-state index contributed by atoms with van der Waals surface area (Å²) in [4.78, 5) is 0.